The van der Waals surface area contributed by atoms with E-state index in [1.165, 1.54) is 0 Å². The highest BCUT2D eigenvalue weighted by Crippen LogP contribution is 2.23. The predicted molar refractivity (Wildman–Crippen MR) is 93.5 cm³/mol. The zero-order valence-corrected chi connectivity index (χ0v) is 13.9. The Bertz CT molecular complexity index is 976. The zero-order valence-electron chi connectivity index (χ0n) is 13.9. The van der Waals surface area contributed by atoms with E-state index in [2.05, 4.69) is 4.98 Å². The van der Waals surface area contributed by atoms with Crippen molar-refractivity contribution in [2.24, 2.45) is 0 Å². The van der Waals surface area contributed by atoms with Crippen LogP contribution in [0.2, 0.25) is 0 Å². The molecule has 0 unspecified atom stereocenters. The van der Waals surface area contributed by atoms with Gasteiger partial charge in [-0.15, -0.1) is 0 Å². The molecule has 1 atom stereocenters. The number of carbonyl (C=O) groups is 2. The van der Waals surface area contributed by atoms with Crippen LogP contribution in [0.4, 0.5) is 0 Å². The second-order valence-electron chi connectivity index (χ2n) is 6.21. The topological polar surface area (TPSA) is 95.7 Å². The van der Waals surface area contributed by atoms with Crippen LogP contribution in [0.15, 0.2) is 48.5 Å². The monoisotopic (exact) mass is 351 g/mol. The molecule has 7 nitrogen and oxygen atoms in total. The fourth-order valence-corrected chi connectivity index (χ4v) is 3.33. The number of hydrogen-bond donors (Lipinski definition) is 2. The number of aromatic nitrogens is 2. The van der Waals surface area contributed by atoms with E-state index in [-0.39, 0.29) is 19.7 Å². The number of aliphatic hydroxyl groups excluding tert-OH is 2. The maximum absolute atomic E-state index is 12.4. The number of fused-ring (bicyclic) bond motifs is 2. The number of β-amino-alcohol motifs (C(OH)–C–C–N with tert-alkyl or cyclic N) is 1. The van der Waals surface area contributed by atoms with Gasteiger partial charge in [0.15, 0.2) is 0 Å². The molecule has 4 rings (SSSR count). The molecule has 0 fully saturated rings. The Hall–Kier alpha value is -3.03. The Balaban J connectivity index is 1.56. The number of carbonyl (C=O) groups excluding carboxylic acids is 2. The average molecular weight is 351 g/mol. The predicted octanol–water partition coefficient (Wildman–Crippen LogP) is 1.19. The van der Waals surface area contributed by atoms with Crippen molar-refractivity contribution in [3.8, 4) is 0 Å². The highest BCUT2D eigenvalue weighted by atomic mass is 16.3. The van der Waals surface area contributed by atoms with Crippen molar-refractivity contribution < 1.29 is 19.8 Å². The maximum Gasteiger partial charge on any atom is 0.261 e. The third kappa shape index (κ3) is 2.58. The summed E-state index contributed by atoms with van der Waals surface area (Å²) in [6.45, 7) is -0.276. The normalized spacial score (nSPS) is 14.9. The molecule has 0 radical (unpaired) electrons. The largest absolute Gasteiger partial charge is 0.389 e. The van der Waals surface area contributed by atoms with Gasteiger partial charge in [0.1, 0.15) is 12.4 Å². The van der Waals surface area contributed by atoms with Crippen LogP contribution in [0.3, 0.4) is 0 Å². The van der Waals surface area contributed by atoms with Gasteiger partial charge < -0.3 is 14.8 Å². The molecule has 0 aliphatic carbocycles. The molecule has 132 valence electrons. The smallest absolute Gasteiger partial charge is 0.261 e. The van der Waals surface area contributed by atoms with Gasteiger partial charge in [0.25, 0.3) is 11.8 Å². The lowest BCUT2D eigenvalue weighted by atomic mass is 10.1. The van der Waals surface area contributed by atoms with Crippen LogP contribution >= 0.6 is 0 Å². The number of amides is 2. The minimum absolute atomic E-state index is 0.115. The maximum atomic E-state index is 12.4. The van der Waals surface area contributed by atoms with Gasteiger partial charge in [0, 0.05) is 0 Å². The Morgan fingerprint density at radius 3 is 2.19 bits per heavy atom. The van der Waals surface area contributed by atoms with Gasteiger partial charge in [-0.3, -0.25) is 14.5 Å². The molecule has 7 heteroatoms. The first-order valence-corrected chi connectivity index (χ1v) is 8.28. The molecule has 26 heavy (non-hydrogen) atoms. The summed E-state index contributed by atoms with van der Waals surface area (Å²) in [7, 11) is 0. The molecular formula is C19H17N3O4. The molecule has 3 aromatic rings. The fraction of sp³-hybridized carbons (Fsp3) is 0.211. The summed E-state index contributed by atoms with van der Waals surface area (Å²) in [5.74, 6) is -0.377. The molecule has 0 saturated heterocycles. The van der Waals surface area contributed by atoms with Gasteiger partial charge in [0.05, 0.1) is 41.4 Å². The first kappa shape index (κ1) is 16.4. The first-order chi connectivity index (χ1) is 12.6. The summed E-state index contributed by atoms with van der Waals surface area (Å²) in [6.07, 6.45) is -0.986. The number of aliphatic hydroxyl groups is 2. The lowest BCUT2D eigenvalue weighted by molar-refractivity contribution is 0.0520. The van der Waals surface area contributed by atoms with Crippen molar-refractivity contribution in [3.05, 3.63) is 65.5 Å². The van der Waals surface area contributed by atoms with Crippen molar-refractivity contribution in [1.82, 2.24) is 14.5 Å². The third-order valence-corrected chi connectivity index (χ3v) is 4.54. The number of rotatable bonds is 5. The van der Waals surface area contributed by atoms with Crippen molar-refractivity contribution in [2.45, 2.75) is 19.3 Å². The van der Waals surface area contributed by atoms with Gasteiger partial charge in [-0.1, -0.05) is 24.3 Å². The SMILES string of the molecule is O=C1c2ccccc2C(=O)N1C[C@@H](O)Cn1c(CO)nc2ccccc21. The summed E-state index contributed by atoms with van der Waals surface area (Å²) in [6, 6.07) is 14.0. The highest BCUT2D eigenvalue weighted by Gasteiger charge is 2.36. The zero-order chi connectivity index (χ0) is 18.3. The minimum atomic E-state index is -0.986. The van der Waals surface area contributed by atoms with Gasteiger partial charge in [-0.25, -0.2) is 4.98 Å². The molecular weight excluding hydrogens is 334 g/mol. The van der Waals surface area contributed by atoms with Crippen molar-refractivity contribution in [2.75, 3.05) is 6.54 Å². The Labute approximate surface area is 149 Å². The minimum Gasteiger partial charge on any atom is -0.389 e. The number of imide groups is 1. The second kappa shape index (κ2) is 6.36. The molecule has 1 aliphatic rings. The van der Waals surface area contributed by atoms with Crippen LogP contribution in [-0.2, 0) is 13.2 Å². The van der Waals surface area contributed by atoms with Crippen LogP contribution in [-0.4, -0.2) is 49.1 Å². The Kier molecular flexibility index (Phi) is 4.02. The molecule has 2 aromatic carbocycles. The van der Waals surface area contributed by atoms with Gasteiger partial charge in [0.2, 0.25) is 0 Å². The molecule has 0 spiro atoms. The molecule has 1 aliphatic heterocycles. The van der Waals surface area contributed by atoms with Gasteiger partial charge in [-0.2, -0.15) is 0 Å². The van der Waals surface area contributed by atoms with E-state index < -0.39 is 17.9 Å². The lowest BCUT2D eigenvalue weighted by Gasteiger charge is -2.20. The van der Waals surface area contributed by atoms with Crippen LogP contribution in [0.1, 0.15) is 26.5 Å². The van der Waals surface area contributed by atoms with E-state index in [4.69, 9.17) is 0 Å². The molecule has 2 heterocycles. The van der Waals surface area contributed by atoms with E-state index in [0.717, 1.165) is 10.4 Å². The van der Waals surface area contributed by atoms with E-state index in [1.54, 1.807) is 28.8 Å². The molecule has 1 aromatic heterocycles. The summed E-state index contributed by atoms with van der Waals surface area (Å²) in [5, 5.41) is 20.0. The summed E-state index contributed by atoms with van der Waals surface area (Å²) >= 11 is 0. The van der Waals surface area contributed by atoms with Crippen LogP contribution in [0.25, 0.3) is 11.0 Å². The van der Waals surface area contributed by atoms with Crippen LogP contribution < -0.4 is 0 Å². The second-order valence-corrected chi connectivity index (χ2v) is 6.21. The number of para-hydroxylation sites is 2. The molecule has 2 N–H and O–H groups in total. The quantitative estimate of drug-likeness (QED) is 0.673. The average Bonchev–Trinajstić information content (AvgIpc) is 3.13. The van der Waals surface area contributed by atoms with Crippen molar-refractivity contribution in [3.63, 3.8) is 0 Å². The van der Waals surface area contributed by atoms with Crippen molar-refractivity contribution >= 4 is 22.8 Å². The number of benzene rings is 2. The standard InChI is InChI=1S/C19H17N3O4/c23-11-17-20-15-7-3-4-8-16(15)21(17)9-12(24)10-22-18(25)13-5-1-2-6-14(13)19(22)26/h1-8,12,23-24H,9-11H2/t12-/m0/s1. The molecule has 0 bridgehead atoms. The van der Waals surface area contributed by atoms with E-state index in [1.807, 2.05) is 24.3 Å². The van der Waals surface area contributed by atoms with E-state index in [9.17, 15) is 19.8 Å². The van der Waals surface area contributed by atoms with E-state index in [0.29, 0.717) is 22.5 Å². The summed E-state index contributed by atoms with van der Waals surface area (Å²) in [4.78, 5) is 30.2. The number of nitrogens with zero attached hydrogens (tertiary/aromatic N) is 3. The van der Waals surface area contributed by atoms with Gasteiger partial charge in [-0.05, 0) is 24.3 Å². The highest BCUT2D eigenvalue weighted by molar-refractivity contribution is 6.21. The first-order valence-electron chi connectivity index (χ1n) is 8.28. The Morgan fingerprint density at radius 2 is 1.54 bits per heavy atom. The Morgan fingerprint density at radius 1 is 0.923 bits per heavy atom. The van der Waals surface area contributed by atoms with Crippen molar-refractivity contribution in [1.29, 1.82) is 0 Å². The van der Waals surface area contributed by atoms with E-state index >= 15 is 0 Å². The summed E-state index contributed by atoms with van der Waals surface area (Å²) in [5.41, 5.74) is 2.20. The fourth-order valence-electron chi connectivity index (χ4n) is 3.33. The number of hydrogen-bond acceptors (Lipinski definition) is 5. The van der Waals surface area contributed by atoms with Crippen LogP contribution in [0.5, 0.6) is 0 Å². The van der Waals surface area contributed by atoms with Gasteiger partial charge >= 0.3 is 0 Å². The number of imidazole rings is 1. The molecule has 2 amide bonds. The van der Waals surface area contributed by atoms with Crippen LogP contribution in [0, 0.1) is 0 Å². The summed E-state index contributed by atoms with van der Waals surface area (Å²) < 4.78 is 1.71. The molecule has 0 saturated carbocycles. The third-order valence-electron chi connectivity index (χ3n) is 4.54. The lowest BCUT2D eigenvalue weighted by Crippen LogP contribution is -2.38.